The van der Waals surface area contributed by atoms with Crippen LogP contribution in [-0.2, 0) is 4.79 Å². The first-order chi connectivity index (χ1) is 17.9. The van der Waals surface area contributed by atoms with Gasteiger partial charge < -0.3 is 15.5 Å². The number of carbonyl (C=O) groups is 2. The Labute approximate surface area is 214 Å². The van der Waals surface area contributed by atoms with E-state index in [1.165, 1.54) is 12.1 Å². The fraction of sp³-hybridized carbons (Fsp3) is 0.0323. The Balaban J connectivity index is 1.46. The summed E-state index contributed by atoms with van der Waals surface area (Å²) < 4.78 is 0. The molecule has 0 radical (unpaired) electrons. The Bertz CT molecular complexity index is 1590. The van der Waals surface area contributed by atoms with Gasteiger partial charge in [0.2, 0.25) is 0 Å². The third kappa shape index (κ3) is 4.60. The molecule has 0 unspecified atom stereocenters. The second-order valence-electron chi connectivity index (χ2n) is 8.65. The van der Waals surface area contributed by atoms with E-state index in [0.29, 0.717) is 22.4 Å². The van der Waals surface area contributed by atoms with E-state index in [1.54, 1.807) is 47.6 Å². The molecule has 0 bridgehead atoms. The number of carboxylic acids is 1. The van der Waals surface area contributed by atoms with E-state index in [0.717, 1.165) is 22.4 Å². The standard InChI is InChI=1S/C31H24N2O4/c1-20-8-2-3-9-21(20)16-17-33-28-15-5-4-12-25(28)26(30(33)35)19-32-27-14-7-13-24(29(27)34)22-10-6-11-23(18-22)31(36)37/h2-19,32,34H,1H3,(H,36,37). The summed E-state index contributed by atoms with van der Waals surface area (Å²) in [5, 5.41) is 23.3. The molecule has 0 atom stereocenters. The Morgan fingerprint density at radius 3 is 2.43 bits per heavy atom. The molecule has 4 aromatic carbocycles. The highest BCUT2D eigenvalue weighted by molar-refractivity contribution is 6.33. The second kappa shape index (κ2) is 9.87. The minimum atomic E-state index is -1.04. The molecule has 0 spiro atoms. The van der Waals surface area contributed by atoms with Crippen LogP contribution in [0.5, 0.6) is 5.75 Å². The van der Waals surface area contributed by atoms with Crippen molar-refractivity contribution in [2.45, 2.75) is 6.92 Å². The maximum atomic E-state index is 13.4. The fourth-order valence-electron chi connectivity index (χ4n) is 4.34. The number of para-hydroxylation sites is 2. The molecule has 0 fully saturated rings. The van der Waals surface area contributed by atoms with Crippen LogP contribution in [0.2, 0.25) is 0 Å². The van der Waals surface area contributed by atoms with Crippen LogP contribution in [0.25, 0.3) is 22.8 Å². The number of phenolic OH excluding ortho intramolecular Hbond substituents is 1. The highest BCUT2D eigenvalue weighted by Gasteiger charge is 2.30. The second-order valence-corrected chi connectivity index (χ2v) is 8.65. The predicted molar refractivity (Wildman–Crippen MR) is 146 cm³/mol. The zero-order valence-corrected chi connectivity index (χ0v) is 20.1. The van der Waals surface area contributed by atoms with E-state index in [-0.39, 0.29) is 17.2 Å². The maximum absolute atomic E-state index is 13.4. The van der Waals surface area contributed by atoms with Crippen molar-refractivity contribution in [1.82, 2.24) is 0 Å². The van der Waals surface area contributed by atoms with Crippen molar-refractivity contribution in [1.29, 1.82) is 0 Å². The van der Waals surface area contributed by atoms with Crippen molar-refractivity contribution in [2.24, 2.45) is 0 Å². The number of phenols is 1. The normalized spacial score (nSPS) is 13.8. The Morgan fingerprint density at radius 1 is 0.892 bits per heavy atom. The van der Waals surface area contributed by atoms with Gasteiger partial charge in [0.25, 0.3) is 5.91 Å². The Kier molecular flexibility index (Phi) is 6.31. The van der Waals surface area contributed by atoms with E-state index in [2.05, 4.69) is 5.32 Å². The first kappa shape index (κ1) is 23.6. The van der Waals surface area contributed by atoms with Gasteiger partial charge in [-0.15, -0.1) is 0 Å². The van der Waals surface area contributed by atoms with Crippen molar-refractivity contribution in [3.63, 3.8) is 0 Å². The van der Waals surface area contributed by atoms with E-state index < -0.39 is 5.97 Å². The summed E-state index contributed by atoms with van der Waals surface area (Å²) in [4.78, 5) is 26.4. The van der Waals surface area contributed by atoms with Crippen LogP contribution in [0.4, 0.5) is 11.4 Å². The van der Waals surface area contributed by atoms with Crippen LogP contribution >= 0.6 is 0 Å². The van der Waals surface area contributed by atoms with Crippen LogP contribution in [0.3, 0.4) is 0 Å². The quantitative estimate of drug-likeness (QED) is 0.212. The fourth-order valence-corrected chi connectivity index (χ4v) is 4.34. The number of fused-ring (bicyclic) bond motifs is 1. The lowest BCUT2D eigenvalue weighted by Crippen LogP contribution is -2.19. The molecule has 0 aromatic heterocycles. The summed E-state index contributed by atoms with van der Waals surface area (Å²) in [6, 6.07) is 27.0. The van der Waals surface area contributed by atoms with Gasteiger partial charge in [-0.2, -0.15) is 0 Å². The largest absolute Gasteiger partial charge is 0.505 e. The summed E-state index contributed by atoms with van der Waals surface area (Å²) in [6.07, 6.45) is 5.29. The maximum Gasteiger partial charge on any atom is 0.335 e. The van der Waals surface area contributed by atoms with Crippen molar-refractivity contribution < 1.29 is 19.8 Å². The van der Waals surface area contributed by atoms with Crippen LogP contribution in [0.15, 0.2) is 103 Å². The number of anilines is 2. The van der Waals surface area contributed by atoms with Crippen molar-refractivity contribution in [3.8, 4) is 16.9 Å². The van der Waals surface area contributed by atoms with Gasteiger partial charge in [-0.05, 0) is 54.0 Å². The summed E-state index contributed by atoms with van der Waals surface area (Å²) in [5.41, 5.74) is 5.72. The van der Waals surface area contributed by atoms with E-state index in [1.807, 2.05) is 61.5 Å². The minimum Gasteiger partial charge on any atom is -0.505 e. The van der Waals surface area contributed by atoms with Crippen LogP contribution in [0.1, 0.15) is 27.0 Å². The molecule has 1 amide bonds. The Hall–Kier alpha value is -5.10. The number of rotatable bonds is 6. The molecule has 5 rings (SSSR count). The summed E-state index contributed by atoms with van der Waals surface area (Å²) in [5.74, 6) is -1.28. The zero-order chi connectivity index (χ0) is 25.9. The predicted octanol–water partition coefficient (Wildman–Crippen LogP) is 6.54. The molecule has 1 aliphatic rings. The SMILES string of the molecule is Cc1ccccc1C=CN1C(=O)C(=CNc2cccc(-c3cccc(C(=O)O)c3)c2O)c2ccccc21. The summed E-state index contributed by atoms with van der Waals surface area (Å²) >= 11 is 0. The van der Waals surface area contributed by atoms with Crippen molar-refractivity contribution in [2.75, 3.05) is 10.2 Å². The topological polar surface area (TPSA) is 89.9 Å². The average Bonchev–Trinajstić information content (AvgIpc) is 3.18. The number of benzene rings is 4. The lowest BCUT2D eigenvalue weighted by Gasteiger charge is -2.12. The molecule has 4 aromatic rings. The van der Waals surface area contributed by atoms with E-state index >= 15 is 0 Å². The van der Waals surface area contributed by atoms with E-state index in [4.69, 9.17) is 0 Å². The van der Waals surface area contributed by atoms with Gasteiger partial charge in [0, 0.05) is 23.5 Å². The van der Waals surface area contributed by atoms with Gasteiger partial charge in [0.05, 0.1) is 22.5 Å². The molecular formula is C31H24N2O4. The van der Waals surface area contributed by atoms with Gasteiger partial charge in [-0.1, -0.05) is 66.7 Å². The van der Waals surface area contributed by atoms with Gasteiger partial charge in [0.15, 0.2) is 0 Å². The number of nitrogens with one attached hydrogen (secondary N) is 1. The average molecular weight is 489 g/mol. The third-order valence-corrected chi connectivity index (χ3v) is 6.32. The van der Waals surface area contributed by atoms with Crippen LogP contribution in [0, 0.1) is 6.92 Å². The molecule has 3 N–H and O–H groups in total. The highest BCUT2D eigenvalue weighted by atomic mass is 16.4. The zero-order valence-electron chi connectivity index (χ0n) is 20.1. The molecule has 1 aliphatic heterocycles. The monoisotopic (exact) mass is 488 g/mol. The third-order valence-electron chi connectivity index (χ3n) is 6.32. The van der Waals surface area contributed by atoms with Crippen LogP contribution < -0.4 is 10.2 Å². The number of hydrogen-bond donors (Lipinski definition) is 3. The lowest BCUT2D eigenvalue weighted by molar-refractivity contribution is -0.112. The van der Waals surface area contributed by atoms with Crippen LogP contribution in [-0.4, -0.2) is 22.1 Å². The van der Waals surface area contributed by atoms with Gasteiger partial charge >= 0.3 is 5.97 Å². The smallest absolute Gasteiger partial charge is 0.335 e. The first-order valence-electron chi connectivity index (χ1n) is 11.7. The number of amides is 1. The molecule has 37 heavy (non-hydrogen) atoms. The number of carboxylic acid groups (broad SMARTS) is 1. The van der Waals surface area contributed by atoms with Gasteiger partial charge in [-0.25, -0.2) is 4.79 Å². The van der Waals surface area contributed by atoms with Gasteiger partial charge in [0.1, 0.15) is 5.75 Å². The summed E-state index contributed by atoms with van der Waals surface area (Å²) in [6.45, 7) is 2.02. The molecule has 0 aliphatic carbocycles. The number of aromatic carboxylic acids is 1. The number of carbonyl (C=O) groups excluding carboxylic acids is 1. The lowest BCUT2D eigenvalue weighted by atomic mass is 10.0. The minimum absolute atomic E-state index is 0.0445. The molecule has 182 valence electrons. The van der Waals surface area contributed by atoms with E-state index in [9.17, 15) is 19.8 Å². The summed E-state index contributed by atoms with van der Waals surface area (Å²) in [7, 11) is 0. The molecule has 6 nitrogen and oxygen atoms in total. The molecular weight excluding hydrogens is 464 g/mol. The number of aryl methyl sites for hydroxylation is 1. The molecule has 0 saturated carbocycles. The number of nitrogens with zero attached hydrogens (tertiary/aromatic N) is 1. The molecule has 1 heterocycles. The Morgan fingerprint density at radius 2 is 1.62 bits per heavy atom. The van der Waals surface area contributed by atoms with Crippen molar-refractivity contribution in [3.05, 3.63) is 126 Å². The van der Waals surface area contributed by atoms with Crippen molar-refractivity contribution >= 4 is 34.9 Å². The highest BCUT2D eigenvalue weighted by Crippen LogP contribution is 2.39. The molecule has 6 heteroatoms. The number of hydrogen-bond acceptors (Lipinski definition) is 4. The first-order valence-corrected chi connectivity index (χ1v) is 11.7. The van der Waals surface area contributed by atoms with Gasteiger partial charge in [-0.3, -0.25) is 9.69 Å². The number of aromatic hydroxyl groups is 1. The molecule has 0 saturated heterocycles.